The predicted octanol–water partition coefficient (Wildman–Crippen LogP) is 0.956. The fourth-order valence-electron chi connectivity index (χ4n) is 1.90. The maximum Gasteiger partial charge on any atom is 0.251 e. The van der Waals surface area contributed by atoms with Crippen molar-refractivity contribution in [2.45, 2.75) is 19.4 Å². The van der Waals surface area contributed by atoms with E-state index in [1.165, 1.54) is 0 Å². The minimum absolute atomic E-state index is 0.00883. The minimum atomic E-state index is -0.367. The molecular formula is C13H16N2O2. The maximum absolute atomic E-state index is 11.9. The van der Waals surface area contributed by atoms with Crippen molar-refractivity contribution < 1.29 is 9.59 Å². The average Bonchev–Trinajstić information content (AvgIpc) is 2.62. The first-order valence-corrected chi connectivity index (χ1v) is 5.70. The lowest BCUT2D eigenvalue weighted by Crippen LogP contribution is -2.40. The minimum Gasteiger partial charge on any atom is -0.344 e. The Bertz CT molecular complexity index is 439. The molecule has 1 fully saturated rings. The van der Waals surface area contributed by atoms with Crippen LogP contribution in [0.3, 0.4) is 0 Å². The van der Waals surface area contributed by atoms with Crippen LogP contribution in [0, 0.1) is 6.92 Å². The van der Waals surface area contributed by atoms with E-state index in [-0.39, 0.29) is 17.9 Å². The molecule has 2 rings (SSSR count). The van der Waals surface area contributed by atoms with Crippen LogP contribution in [-0.2, 0) is 4.79 Å². The number of aryl methyl sites for hydroxylation is 1. The lowest BCUT2D eigenvalue weighted by molar-refractivity contribution is -0.128. The van der Waals surface area contributed by atoms with E-state index in [1.54, 1.807) is 24.1 Å². The van der Waals surface area contributed by atoms with Gasteiger partial charge in [-0.3, -0.25) is 9.59 Å². The standard InChI is InChI=1S/C13H16N2O2/c1-9-3-5-10(6-4-9)12(16)14-11-7-8-15(2)13(11)17/h3-6,11H,7-8H2,1-2H3,(H,14,16). The van der Waals surface area contributed by atoms with Crippen molar-refractivity contribution in [3.8, 4) is 0 Å². The van der Waals surface area contributed by atoms with Crippen LogP contribution < -0.4 is 5.32 Å². The Hall–Kier alpha value is -1.84. The quantitative estimate of drug-likeness (QED) is 0.825. The number of nitrogens with one attached hydrogen (secondary N) is 1. The van der Waals surface area contributed by atoms with Crippen molar-refractivity contribution >= 4 is 11.8 Å². The van der Waals surface area contributed by atoms with Gasteiger partial charge in [0.1, 0.15) is 6.04 Å². The summed E-state index contributed by atoms with van der Waals surface area (Å²) in [6.07, 6.45) is 0.687. The average molecular weight is 232 g/mol. The van der Waals surface area contributed by atoms with Crippen molar-refractivity contribution in [1.82, 2.24) is 10.2 Å². The van der Waals surface area contributed by atoms with Gasteiger partial charge in [-0.25, -0.2) is 0 Å². The van der Waals surface area contributed by atoms with E-state index in [1.807, 2.05) is 19.1 Å². The molecule has 4 nitrogen and oxygen atoms in total. The highest BCUT2D eigenvalue weighted by Gasteiger charge is 2.30. The summed E-state index contributed by atoms with van der Waals surface area (Å²) in [6, 6.07) is 6.95. The Labute approximate surface area is 101 Å². The van der Waals surface area contributed by atoms with E-state index >= 15 is 0 Å². The highest BCUT2D eigenvalue weighted by atomic mass is 16.2. The van der Waals surface area contributed by atoms with Gasteiger partial charge in [-0.1, -0.05) is 17.7 Å². The second-order valence-electron chi connectivity index (χ2n) is 4.44. The number of rotatable bonds is 2. The lowest BCUT2D eigenvalue weighted by atomic mass is 10.1. The number of carbonyl (C=O) groups is 2. The molecule has 0 spiro atoms. The summed E-state index contributed by atoms with van der Waals surface area (Å²) in [5.74, 6) is -0.191. The smallest absolute Gasteiger partial charge is 0.251 e. The first kappa shape index (κ1) is 11.6. The third kappa shape index (κ3) is 2.46. The molecule has 1 atom stereocenters. The molecule has 4 heteroatoms. The van der Waals surface area contributed by atoms with Gasteiger partial charge < -0.3 is 10.2 Å². The Morgan fingerprint density at radius 2 is 2.00 bits per heavy atom. The molecule has 17 heavy (non-hydrogen) atoms. The normalized spacial score (nSPS) is 19.5. The molecule has 0 bridgehead atoms. The first-order chi connectivity index (χ1) is 8.08. The summed E-state index contributed by atoms with van der Waals surface area (Å²) in [5, 5.41) is 2.76. The van der Waals surface area contributed by atoms with E-state index in [0.717, 1.165) is 5.56 Å². The fourth-order valence-corrected chi connectivity index (χ4v) is 1.90. The van der Waals surface area contributed by atoms with E-state index in [4.69, 9.17) is 0 Å². The molecule has 0 aliphatic carbocycles. The van der Waals surface area contributed by atoms with Crippen molar-refractivity contribution in [3.05, 3.63) is 35.4 Å². The SMILES string of the molecule is Cc1ccc(C(=O)NC2CCN(C)C2=O)cc1. The van der Waals surface area contributed by atoms with E-state index in [9.17, 15) is 9.59 Å². The molecule has 1 saturated heterocycles. The zero-order chi connectivity index (χ0) is 12.4. The summed E-state index contributed by atoms with van der Waals surface area (Å²) in [5.41, 5.74) is 1.70. The van der Waals surface area contributed by atoms with Crippen LogP contribution in [0.5, 0.6) is 0 Å². The first-order valence-electron chi connectivity index (χ1n) is 5.70. The molecule has 0 radical (unpaired) electrons. The van der Waals surface area contributed by atoms with Gasteiger partial charge in [-0.15, -0.1) is 0 Å². The highest BCUT2D eigenvalue weighted by molar-refractivity contribution is 5.98. The van der Waals surface area contributed by atoms with Gasteiger partial charge in [0.15, 0.2) is 0 Å². The number of benzene rings is 1. The molecule has 1 unspecified atom stereocenters. The summed E-state index contributed by atoms with van der Waals surface area (Å²) in [6.45, 7) is 2.68. The Morgan fingerprint density at radius 3 is 2.53 bits per heavy atom. The molecule has 1 aliphatic heterocycles. The van der Waals surface area contributed by atoms with Crippen LogP contribution in [0.1, 0.15) is 22.3 Å². The summed E-state index contributed by atoms with van der Waals surface area (Å²) in [7, 11) is 1.75. The van der Waals surface area contributed by atoms with Gasteiger partial charge in [0.2, 0.25) is 5.91 Å². The second kappa shape index (κ2) is 4.57. The lowest BCUT2D eigenvalue weighted by Gasteiger charge is -2.12. The van der Waals surface area contributed by atoms with Crippen molar-refractivity contribution in [2.75, 3.05) is 13.6 Å². The molecule has 1 heterocycles. The third-order valence-corrected chi connectivity index (χ3v) is 3.05. The number of amides is 2. The van der Waals surface area contributed by atoms with Crippen LogP contribution >= 0.6 is 0 Å². The zero-order valence-corrected chi connectivity index (χ0v) is 10.1. The molecule has 1 aromatic carbocycles. The van der Waals surface area contributed by atoms with Crippen molar-refractivity contribution in [3.63, 3.8) is 0 Å². The molecule has 0 saturated carbocycles. The van der Waals surface area contributed by atoms with Gasteiger partial charge in [0.05, 0.1) is 0 Å². The van der Waals surface area contributed by atoms with Gasteiger partial charge >= 0.3 is 0 Å². The molecule has 2 amide bonds. The monoisotopic (exact) mass is 232 g/mol. The number of hydrogen-bond donors (Lipinski definition) is 1. The number of carbonyl (C=O) groups excluding carboxylic acids is 2. The van der Waals surface area contributed by atoms with Crippen LogP contribution in [-0.4, -0.2) is 36.3 Å². The summed E-state index contributed by atoms with van der Waals surface area (Å²) < 4.78 is 0. The van der Waals surface area contributed by atoms with Gasteiger partial charge in [0, 0.05) is 19.2 Å². The number of hydrogen-bond acceptors (Lipinski definition) is 2. The van der Waals surface area contributed by atoms with Gasteiger partial charge in [-0.05, 0) is 25.5 Å². The number of likely N-dealkylation sites (N-methyl/N-ethyl adjacent to an activating group) is 1. The largest absolute Gasteiger partial charge is 0.344 e. The predicted molar refractivity (Wildman–Crippen MR) is 64.7 cm³/mol. The van der Waals surface area contributed by atoms with Crippen LogP contribution in [0.25, 0.3) is 0 Å². The number of nitrogens with zero attached hydrogens (tertiary/aromatic N) is 1. The van der Waals surface area contributed by atoms with E-state index in [0.29, 0.717) is 18.5 Å². The number of likely N-dealkylation sites (tertiary alicyclic amines) is 1. The van der Waals surface area contributed by atoms with Crippen molar-refractivity contribution in [2.24, 2.45) is 0 Å². The Kier molecular flexibility index (Phi) is 3.13. The van der Waals surface area contributed by atoms with Gasteiger partial charge in [0.25, 0.3) is 5.91 Å². The summed E-state index contributed by atoms with van der Waals surface area (Å²) >= 11 is 0. The molecule has 1 aromatic rings. The van der Waals surface area contributed by atoms with E-state index in [2.05, 4.69) is 5.32 Å². The zero-order valence-electron chi connectivity index (χ0n) is 10.1. The topological polar surface area (TPSA) is 49.4 Å². The highest BCUT2D eigenvalue weighted by Crippen LogP contribution is 2.10. The van der Waals surface area contributed by atoms with Crippen LogP contribution in [0.4, 0.5) is 0 Å². The van der Waals surface area contributed by atoms with Crippen molar-refractivity contribution in [1.29, 1.82) is 0 Å². The molecule has 1 N–H and O–H groups in total. The molecule has 90 valence electrons. The molecular weight excluding hydrogens is 216 g/mol. The maximum atomic E-state index is 11.9. The van der Waals surface area contributed by atoms with E-state index < -0.39 is 0 Å². The summed E-state index contributed by atoms with van der Waals surface area (Å²) in [4.78, 5) is 25.2. The fraction of sp³-hybridized carbons (Fsp3) is 0.385. The second-order valence-corrected chi connectivity index (χ2v) is 4.44. The molecule has 1 aliphatic rings. The third-order valence-electron chi connectivity index (χ3n) is 3.05. The van der Waals surface area contributed by atoms with Crippen LogP contribution in [0.2, 0.25) is 0 Å². The van der Waals surface area contributed by atoms with Crippen LogP contribution in [0.15, 0.2) is 24.3 Å². The Balaban J connectivity index is 2.02. The Morgan fingerprint density at radius 1 is 1.35 bits per heavy atom. The van der Waals surface area contributed by atoms with Gasteiger partial charge in [-0.2, -0.15) is 0 Å². The molecule has 0 aromatic heterocycles.